The second kappa shape index (κ2) is 16.5. The van der Waals surface area contributed by atoms with Gasteiger partial charge >= 0.3 is 5.97 Å². The Labute approximate surface area is 232 Å². The van der Waals surface area contributed by atoms with Crippen LogP contribution in [0.3, 0.4) is 0 Å². The van der Waals surface area contributed by atoms with Crippen molar-refractivity contribution >= 4 is 25.6 Å². The molecule has 0 aromatic heterocycles. The van der Waals surface area contributed by atoms with Crippen molar-refractivity contribution < 1.29 is 36.5 Å². The van der Waals surface area contributed by atoms with Gasteiger partial charge in [0, 0.05) is 29.9 Å². The van der Waals surface area contributed by atoms with Crippen LogP contribution < -0.4 is 9.80 Å². The number of hydrogen-bond donors (Lipinski definition) is 3. The lowest BCUT2D eigenvalue weighted by Crippen LogP contribution is -3.11. The van der Waals surface area contributed by atoms with Crippen LogP contribution >= 0.6 is 0 Å². The van der Waals surface area contributed by atoms with E-state index in [4.69, 9.17) is 5.11 Å². The molecule has 6 unspecified atom stereocenters. The van der Waals surface area contributed by atoms with E-state index < -0.39 is 25.6 Å². The second-order valence-electron chi connectivity index (χ2n) is 12.4. The molecule has 2 aliphatic rings. The highest BCUT2D eigenvalue weighted by Gasteiger charge is 2.43. The Bertz CT molecular complexity index is 908. The number of carbonyl (C=O) groups is 1. The fourth-order valence-electron chi connectivity index (χ4n) is 6.91. The Morgan fingerprint density at radius 2 is 1.13 bits per heavy atom. The van der Waals surface area contributed by atoms with Crippen LogP contribution in [0.4, 0.5) is 0 Å². The minimum Gasteiger partial charge on any atom is -0.477 e. The van der Waals surface area contributed by atoms with Gasteiger partial charge in [-0.25, -0.2) is 21.6 Å². The quantitative estimate of drug-likeness (QED) is 0.186. The van der Waals surface area contributed by atoms with Gasteiger partial charge in [0.05, 0.1) is 50.0 Å². The van der Waals surface area contributed by atoms with Crippen LogP contribution in [0.2, 0.25) is 0 Å². The molecule has 0 bridgehead atoms. The number of hydrogen-bond acceptors (Lipinski definition) is 5. The minimum atomic E-state index is -3.37. The number of sulfone groups is 2. The summed E-state index contributed by atoms with van der Waals surface area (Å²) in [6.45, 7) is 8.06. The predicted molar refractivity (Wildman–Crippen MR) is 153 cm³/mol. The summed E-state index contributed by atoms with van der Waals surface area (Å²) in [7, 11) is -6.55. The molecule has 0 spiro atoms. The molecular weight excluding hydrogens is 524 g/mol. The third-order valence-electron chi connectivity index (χ3n) is 8.80. The van der Waals surface area contributed by atoms with E-state index in [0.29, 0.717) is 13.1 Å². The van der Waals surface area contributed by atoms with Gasteiger partial charge in [0.25, 0.3) is 0 Å². The van der Waals surface area contributed by atoms with E-state index in [2.05, 4.69) is 6.92 Å². The molecular formula is C28H56N2O6S2+2. The van der Waals surface area contributed by atoms with Crippen molar-refractivity contribution in [1.29, 1.82) is 0 Å². The van der Waals surface area contributed by atoms with Crippen molar-refractivity contribution in [2.75, 3.05) is 62.8 Å². The van der Waals surface area contributed by atoms with Crippen LogP contribution in [0.1, 0.15) is 84.5 Å². The standard InChI is InChI=1S/C28H54N2O6S2/c1-4-6-7-8-9-10-11-12-13-14-15-29-17-25(21-37(3,33)34)27(18-29)23-38(35,36)22-26-19-30(20-28(31)32)16-24(26)5-2/h24-27H,4-23H2,1-3H3,(H,31,32)/p+2. The largest absolute Gasteiger partial charge is 0.477 e. The van der Waals surface area contributed by atoms with Gasteiger partial charge in [0.15, 0.2) is 16.4 Å². The van der Waals surface area contributed by atoms with E-state index in [1.165, 1.54) is 68.9 Å². The van der Waals surface area contributed by atoms with Crippen LogP contribution in [0, 0.1) is 23.7 Å². The molecule has 224 valence electrons. The molecule has 0 aliphatic carbocycles. The molecule has 0 saturated carbocycles. The molecule has 2 fully saturated rings. The first-order valence-corrected chi connectivity index (χ1v) is 19.1. The molecule has 6 atom stereocenters. The summed E-state index contributed by atoms with van der Waals surface area (Å²) >= 11 is 0. The Balaban J connectivity index is 1.84. The molecule has 10 heteroatoms. The van der Waals surface area contributed by atoms with E-state index >= 15 is 0 Å². The van der Waals surface area contributed by atoms with Crippen molar-refractivity contribution in [2.24, 2.45) is 23.7 Å². The molecule has 8 nitrogen and oxygen atoms in total. The number of nitrogens with one attached hydrogen (secondary N) is 2. The van der Waals surface area contributed by atoms with Crippen molar-refractivity contribution in [3.63, 3.8) is 0 Å². The second-order valence-corrected chi connectivity index (χ2v) is 16.8. The molecule has 2 rings (SSSR count). The molecule has 0 aromatic rings. The van der Waals surface area contributed by atoms with E-state index in [-0.39, 0.29) is 47.5 Å². The summed E-state index contributed by atoms with van der Waals surface area (Å²) in [6, 6.07) is 0. The summed E-state index contributed by atoms with van der Waals surface area (Å²) in [5.74, 6) is -0.697. The highest BCUT2D eigenvalue weighted by molar-refractivity contribution is 7.91. The lowest BCUT2D eigenvalue weighted by atomic mass is 9.96. The van der Waals surface area contributed by atoms with E-state index in [1.807, 2.05) is 6.92 Å². The third kappa shape index (κ3) is 13.1. The maximum atomic E-state index is 13.3. The van der Waals surface area contributed by atoms with Crippen molar-refractivity contribution in [3.8, 4) is 0 Å². The van der Waals surface area contributed by atoms with Gasteiger partial charge in [-0.3, -0.25) is 0 Å². The Morgan fingerprint density at radius 1 is 0.684 bits per heavy atom. The first kappa shape index (κ1) is 33.5. The van der Waals surface area contributed by atoms with Crippen LogP contribution in [-0.4, -0.2) is 90.7 Å². The summed E-state index contributed by atoms with van der Waals surface area (Å²) < 4.78 is 50.9. The molecule has 0 aromatic carbocycles. The van der Waals surface area contributed by atoms with Gasteiger partial charge in [-0.05, 0) is 19.3 Å². The molecule has 2 aliphatic heterocycles. The highest BCUT2D eigenvalue weighted by atomic mass is 32.2. The van der Waals surface area contributed by atoms with Crippen LogP contribution in [0.5, 0.6) is 0 Å². The molecule has 38 heavy (non-hydrogen) atoms. The number of likely N-dealkylation sites (tertiary alicyclic amines) is 2. The van der Waals surface area contributed by atoms with Gasteiger partial charge in [0.1, 0.15) is 9.84 Å². The smallest absolute Gasteiger partial charge is 0.359 e. The van der Waals surface area contributed by atoms with Crippen LogP contribution in [0.15, 0.2) is 0 Å². The molecule has 3 N–H and O–H groups in total. The van der Waals surface area contributed by atoms with Crippen molar-refractivity contribution in [3.05, 3.63) is 0 Å². The van der Waals surface area contributed by atoms with Gasteiger partial charge in [0.2, 0.25) is 0 Å². The summed E-state index contributed by atoms with van der Waals surface area (Å²) in [5, 5.41) is 9.15. The number of carboxylic acids is 1. The number of unbranched alkanes of at least 4 members (excludes halogenated alkanes) is 9. The number of carboxylic acid groups (broad SMARTS) is 1. The zero-order valence-corrected chi connectivity index (χ0v) is 25.9. The van der Waals surface area contributed by atoms with E-state index in [0.717, 1.165) is 37.4 Å². The lowest BCUT2D eigenvalue weighted by molar-refractivity contribution is -0.890. The normalized spacial score (nSPS) is 28.2. The number of quaternary nitrogens is 2. The number of rotatable bonds is 20. The first-order chi connectivity index (χ1) is 17.9. The Kier molecular flexibility index (Phi) is 14.6. The van der Waals surface area contributed by atoms with Crippen LogP contribution in [-0.2, 0) is 24.5 Å². The topological polar surface area (TPSA) is 114 Å². The Hall–Kier alpha value is -0.710. The fourth-order valence-corrected chi connectivity index (χ4v) is 10.3. The molecule has 2 heterocycles. The summed E-state index contributed by atoms with van der Waals surface area (Å²) in [4.78, 5) is 13.4. The first-order valence-electron chi connectivity index (χ1n) is 15.2. The molecule has 0 amide bonds. The molecule has 0 radical (unpaired) electrons. The van der Waals surface area contributed by atoms with Crippen LogP contribution in [0.25, 0.3) is 0 Å². The average Bonchev–Trinajstić information content (AvgIpc) is 3.35. The van der Waals surface area contributed by atoms with Crippen molar-refractivity contribution in [1.82, 2.24) is 0 Å². The molecule has 2 saturated heterocycles. The lowest BCUT2D eigenvalue weighted by Gasteiger charge is -2.18. The fraction of sp³-hybridized carbons (Fsp3) is 0.964. The minimum absolute atomic E-state index is 0.0239. The summed E-state index contributed by atoms with van der Waals surface area (Å²) in [6.07, 6.45) is 14.9. The monoisotopic (exact) mass is 580 g/mol. The number of aliphatic carboxylic acids is 1. The zero-order chi connectivity index (χ0) is 28.2. The van der Waals surface area contributed by atoms with Gasteiger partial charge in [-0.15, -0.1) is 0 Å². The summed E-state index contributed by atoms with van der Waals surface area (Å²) in [5.41, 5.74) is 0. The third-order valence-corrected chi connectivity index (χ3v) is 11.7. The van der Waals surface area contributed by atoms with Gasteiger partial charge in [-0.2, -0.15) is 0 Å². The SMILES string of the molecule is CCCCCCCCCCCC[NH+]1CC(CS(C)(=O)=O)C(CS(=O)(=O)CC2C[NH+](CC(=O)O)CC2CC)C1. The van der Waals surface area contributed by atoms with Gasteiger partial charge in [-0.1, -0.05) is 65.2 Å². The highest BCUT2D eigenvalue weighted by Crippen LogP contribution is 2.24. The Morgan fingerprint density at radius 3 is 1.63 bits per heavy atom. The van der Waals surface area contributed by atoms with Crippen molar-refractivity contribution in [2.45, 2.75) is 84.5 Å². The average molecular weight is 581 g/mol. The van der Waals surface area contributed by atoms with E-state index in [1.54, 1.807) is 0 Å². The predicted octanol–water partition coefficient (Wildman–Crippen LogP) is 1.12. The zero-order valence-electron chi connectivity index (χ0n) is 24.3. The maximum Gasteiger partial charge on any atom is 0.359 e. The van der Waals surface area contributed by atoms with Gasteiger partial charge < -0.3 is 14.9 Å². The van der Waals surface area contributed by atoms with E-state index in [9.17, 15) is 21.6 Å². The maximum absolute atomic E-state index is 13.3.